The van der Waals surface area contributed by atoms with Crippen molar-refractivity contribution in [2.45, 2.75) is 25.4 Å². The number of benzene rings is 1. The first-order valence-corrected chi connectivity index (χ1v) is 6.87. The third-order valence-corrected chi connectivity index (χ3v) is 3.81. The number of nitrogens with two attached hydrogens (primary N) is 1. The Bertz CT molecular complexity index is 457. The minimum absolute atomic E-state index is 0.221. The highest BCUT2D eigenvalue weighted by molar-refractivity contribution is 7.99. The first kappa shape index (κ1) is 12.5. The van der Waals surface area contributed by atoms with E-state index in [-0.39, 0.29) is 5.41 Å². The fourth-order valence-electron chi connectivity index (χ4n) is 1.52. The lowest BCUT2D eigenvalue weighted by Gasteiger charge is -2.21. The standard InChI is InChI=1S/C13H19N3S/c1-13(2,9-14)7-8-17-12-15-10-5-3-4-6-11(10)16-12/h3-6H,7-9,14H2,1-2H3,(H,15,16). The minimum Gasteiger partial charge on any atom is -0.333 e. The number of imidazole rings is 1. The van der Waals surface area contributed by atoms with E-state index in [0.717, 1.165) is 34.9 Å². The molecule has 0 aliphatic heterocycles. The smallest absolute Gasteiger partial charge is 0.166 e. The van der Waals surface area contributed by atoms with Crippen molar-refractivity contribution < 1.29 is 0 Å². The lowest BCUT2D eigenvalue weighted by atomic mass is 9.91. The van der Waals surface area contributed by atoms with Crippen LogP contribution >= 0.6 is 11.8 Å². The molecule has 0 aliphatic rings. The topological polar surface area (TPSA) is 54.7 Å². The predicted octanol–water partition coefficient (Wildman–Crippen LogP) is 3.03. The summed E-state index contributed by atoms with van der Waals surface area (Å²) in [6.45, 7) is 5.13. The number of hydrogen-bond donors (Lipinski definition) is 2. The van der Waals surface area contributed by atoms with Crippen molar-refractivity contribution in [3.63, 3.8) is 0 Å². The van der Waals surface area contributed by atoms with Gasteiger partial charge in [-0.05, 0) is 30.5 Å². The molecule has 0 saturated carbocycles. The maximum Gasteiger partial charge on any atom is 0.166 e. The van der Waals surface area contributed by atoms with Crippen molar-refractivity contribution in [3.05, 3.63) is 24.3 Å². The molecule has 2 aromatic rings. The van der Waals surface area contributed by atoms with E-state index < -0.39 is 0 Å². The van der Waals surface area contributed by atoms with Gasteiger partial charge in [-0.3, -0.25) is 0 Å². The molecule has 3 nitrogen and oxygen atoms in total. The summed E-state index contributed by atoms with van der Waals surface area (Å²) in [5.41, 5.74) is 8.08. The summed E-state index contributed by atoms with van der Waals surface area (Å²) in [6, 6.07) is 8.11. The van der Waals surface area contributed by atoms with E-state index in [4.69, 9.17) is 5.73 Å². The van der Waals surface area contributed by atoms with Crippen LogP contribution in [0.3, 0.4) is 0 Å². The maximum atomic E-state index is 5.71. The summed E-state index contributed by atoms with van der Waals surface area (Å²) >= 11 is 1.77. The molecule has 1 heterocycles. The summed E-state index contributed by atoms with van der Waals surface area (Å²) in [7, 11) is 0. The van der Waals surface area contributed by atoms with Gasteiger partial charge in [0.2, 0.25) is 0 Å². The number of aromatic amines is 1. The number of nitrogens with one attached hydrogen (secondary N) is 1. The summed E-state index contributed by atoms with van der Waals surface area (Å²) in [5, 5.41) is 0.999. The molecular formula is C13H19N3S. The number of rotatable bonds is 5. The maximum absolute atomic E-state index is 5.71. The number of fused-ring (bicyclic) bond motifs is 1. The summed E-state index contributed by atoms with van der Waals surface area (Å²) < 4.78 is 0. The van der Waals surface area contributed by atoms with Gasteiger partial charge in [-0.15, -0.1) is 0 Å². The number of para-hydroxylation sites is 2. The second-order valence-electron chi connectivity index (χ2n) is 5.03. The molecule has 0 bridgehead atoms. The Morgan fingerprint density at radius 2 is 2.12 bits per heavy atom. The van der Waals surface area contributed by atoms with Gasteiger partial charge in [0.25, 0.3) is 0 Å². The molecule has 0 radical (unpaired) electrons. The van der Waals surface area contributed by atoms with Crippen LogP contribution < -0.4 is 5.73 Å². The molecule has 92 valence electrons. The molecule has 0 aliphatic carbocycles. The molecular weight excluding hydrogens is 230 g/mol. The second kappa shape index (κ2) is 5.10. The number of nitrogens with zero attached hydrogens (tertiary/aromatic N) is 1. The Morgan fingerprint density at radius 3 is 2.82 bits per heavy atom. The Balaban J connectivity index is 1.95. The van der Waals surface area contributed by atoms with Crippen molar-refractivity contribution >= 4 is 22.8 Å². The molecule has 4 heteroatoms. The second-order valence-corrected chi connectivity index (χ2v) is 6.11. The van der Waals surface area contributed by atoms with Crippen LogP contribution in [-0.4, -0.2) is 22.3 Å². The van der Waals surface area contributed by atoms with Gasteiger partial charge < -0.3 is 10.7 Å². The Hall–Kier alpha value is -1.00. The molecule has 3 N–H and O–H groups in total. The van der Waals surface area contributed by atoms with Gasteiger partial charge in [0.05, 0.1) is 11.0 Å². The molecule has 0 spiro atoms. The average molecular weight is 249 g/mol. The Labute approximate surface area is 106 Å². The summed E-state index contributed by atoms with van der Waals surface area (Å²) in [6.07, 6.45) is 1.10. The van der Waals surface area contributed by atoms with Gasteiger partial charge in [-0.25, -0.2) is 4.98 Å². The van der Waals surface area contributed by atoms with E-state index in [2.05, 4.69) is 29.9 Å². The lowest BCUT2D eigenvalue weighted by Crippen LogP contribution is -2.24. The van der Waals surface area contributed by atoms with Gasteiger partial charge in [0, 0.05) is 5.75 Å². The van der Waals surface area contributed by atoms with Crippen molar-refractivity contribution in [2.75, 3.05) is 12.3 Å². The van der Waals surface area contributed by atoms with Crippen LogP contribution in [0.4, 0.5) is 0 Å². The van der Waals surface area contributed by atoms with Crippen LogP contribution in [0, 0.1) is 5.41 Å². The van der Waals surface area contributed by atoms with Gasteiger partial charge in [0.15, 0.2) is 5.16 Å². The molecule has 0 atom stereocenters. The van der Waals surface area contributed by atoms with E-state index >= 15 is 0 Å². The van der Waals surface area contributed by atoms with Crippen LogP contribution in [0.25, 0.3) is 11.0 Å². The van der Waals surface area contributed by atoms with Crippen molar-refractivity contribution in [3.8, 4) is 0 Å². The van der Waals surface area contributed by atoms with Crippen molar-refractivity contribution in [1.29, 1.82) is 0 Å². The van der Waals surface area contributed by atoms with Crippen LogP contribution in [0.5, 0.6) is 0 Å². The first-order chi connectivity index (χ1) is 8.11. The fourth-order valence-corrected chi connectivity index (χ4v) is 2.72. The Kier molecular flexibility index (Phi) is 3.74. The van der Waals surface area contributed by atoms with E-state index in [0.29, 0.717) is 0 Å². The molecule has 0 unspecified atom stereocenters. The van der Waals surface area contributed by atoms with E-state index in [9.17, 15) is 0 Å². The zero-order valence-corrected chi connectivity index (χ0v) is 11.2. The quantitative estimate of drug-likeness (QED) is 0.801. The minimum atomic E-state index is 0.221. The van der Waals surface area contributed by atoms with E-state index in [1.54, 1.807) is 11.8 Å². The van der Waals surface area contributed by atoms with Crippen LogP contribution in [-0.2, 0) is 0 Å². The van der Waals surface area contributed by atoms with Crippen LogP contribution in [0.15, 0.2) is 29.4 Å². The third kappa shape index (κ3) is 3.23. The van der Waals surface area contributed by atoms with Gasteiger partial charge in [-0.1, -0.05) is 37.7 Å². The van der Waals surface area contributed by atoms with Crippen molar-refractivity contribution in [1.82, 2.24) is 9.97 Å². The molecule has 0 saturated heterocycles. The highest BCUT2D eigenvalue weighted by Gasteiger charge is 2.15. The average Bonchev–Trinajstić information content (AvgIpc) is 2.71. The molecule has 1 aromatic heterocycles. The van der Waals surface area contributed by atoms with Gasteiger partial charge in [-0.2, -0.15) is 0 Å². The van der Waals surface area contributed by atoms with Crippen LogP contribution in [0.2, 0.25) is 0 Å². The number of thioether (sulfide) groups is 1. The number of H-pyrrole nitrogens is 1. The predicted molar refractivity (Wildman–Crippen MR) is 74.3 cm³/mol. The monoisotopic (exact) mass is 249 g/mol. The van der Waals surface area contributed by atoms with Gasteiger partial charge >= 0.3 is 0 Å². The largest absolute Gasteiger partial charge is 0.333 e. The van der Waals surface area contributed by atoms with Crippen LogP contribution in [0.1, 0.15) is 20.3 Å². The van der Waals surface area contributed by atoms with E-state index in [1.807, 2.05) is 18.2 Å². The highest BCUT2D eigenvalue weighted by atomic mass is 32.2. The van der Waals surface area contributed by atoms with E-state index in [1.165, 1.54) is 0 Å². The fraction of sp³-hybridized carbons (Fsp3) is 0.462. The molecule has 2 rings (SSSR count). The van der Waals surface area contributed by atoms with Crippen molar-refractivity contribution in [2.24, 2.45) is 11.1 Å². The summed E-state index contributed by atoms with van der Waals surface area (Å²) in [5.74, 6) is 1.05. The van der Waals surface area contributed by atoms with Gasteiger partial charge in [0.1, 0.15) is 0 Å². The molecule has 1 aromatic carbocycles. The molecule has 0 amide bonds. The highest BCUT2D eigenvalue weighted by Crippen LogP contribution is 2.25. The Morgan fingerprint density at radius 1 is 1.35 bits per heavy atom. The third-order valence-electron chi connectivity index (χ3n) is 2.94. The number of hydrogen-bond acceptors (Lipinski definition) is 3. The molecule has 0 fully saturated rings. The zero-order chi connectivity index (χ0) is 12.3. The normalized spacial score (nSPS) is 12.2. The number of aromatic nitrogens is 2. The summed E-state index contributed by atoms with van der Waals surface area (Å²) in [4.78, 5) is 7.85. The molecule has 17 heavy (non-hydrogen) atoms. The SMILES string of the molecule is CC(C)(CN)CCSc1nc2ccccc2[nH]1. The zero-order valence-electron chi connectivity index (χ0n) is 10.4. The first-order valence-electron chi connectivity index (χ1n) is 5.88. The lowest BCUT2D eigenvalue weighted by molar-refractivity contribution is 0.368.